The van der Waals surface area contributed by atoms with Gasteiger partial charge in [0.15, 0.2) is 5.78 Å². The van der Waals surface area contributed by atoms with Gasteiger partial charge in [0.25, 0.3) is 0 Å². The Balaban J connectivity index is 1.87. The van der Waals surface area contributed by atoms with Crippen LogP contribution >= 0.6 is 0 Å². The smallest absolute Gasteiger partial charge is 0.209 e. The number of ketones is 1. The minimum Gasteiger partial charge on any atom is -0.335 e. The molecule has 4 nitrogen and oxygen atoms in total. The summed E-state index contributed by atoms with van der Waals surface area (Å²) >= 11 is 0. The van der Waals surface area contributed by atoms with E-state index in [1.54, 1.807) is 0 Å². The quantitative estimate of drug-likeness (QED) is 0.497. The zero-order valence-electron chi connectivity index (χ0n) is 21.0. The molecule has 2 heterocycles. The van der Waals surface area contributed by atoms with Crippen LogP contribution in [0.15, 0.2) is 58.2 Å². The van der Waals surface area contributed by atoms with E-state index in [4.69, 9.17) is 9.47 Å². The Bertz CT molecular complexity index is 869. The highest BCUT2D eigenvalue weighted by atomic mass is 16.7. The predicted molar refractivity (Wildman–Crippen MR) is 131 cm³/mol. The van der Waals surface area contributed by atoms with Gasteiger partial charge in [0, 0.05) is 24.9 Å². The summed E-state index contributed by atoms with van der Waals surface area (Å²) in [5, 5.41) is 3.53. The third kappa shape index (κ3) is 6.40. The Morgan fingerprint density at radius 1 is 1.19 bits per heavy atom. The molecular weight excluding hydrogens is 398 g/mol. The summed E-state index contributed by atoms with van der Waals surface area (Å²) in [7, 11) is 0. The third-order valence-corrected chi connectivity index (χ3v) is 6.42. The van der Waals surface area contributed by atoms with Crippen molar-refractivity contribution in [3.05, 3.63) is 58.2 Å². The van der Waals surface area contributed by atoms with Crippen molar-refractivity contribution in [2.75, 3.05) is 6.54 Å². The number of Topliss-reactive ketones (excluding diaryl/α,β-unsaturated/α-hetero) is 1. The van der Waals surface area contributed by atoms with Gasteiger partial charge >= 0.3 is 0 Å². The highest BCUT2D eigenvalue weighted by Gasteiger charge is 2.45. The van der Waals surface area contributed by atoms with E-state index in [0.29, 0.717) is 12.5 Å². The Morgan fingerprint density at radius 3 is 2.62 bits per heavy atom. The summed E-state index contributed by atoms with van der Waals surface area (Å²) in [4.78, 5) is 12.4. The Kier molecular flexibility index (Phi) is 8.13. The van der Waals surface area contributed by atoms with Crippen LogP contribution in [0.1, 0.15) is 74.1 Å². The first-order valence-electron chi connectivity index (χ1n) is 12.1. The highest BCUT2D eigenvalue weighted by molar-refractivity contribution is 5.96. The second-order valence-corrected chi connectivity index (χ2v) is 10.3. The largest absolute Gasteiger partial charge is 0.335 e. The van der Waals surface area contributed by atoms with Crippen molar-refractivity contribution in [3.63, 3.8) is 0 Å². The van der Waals surface area contributed by atoms with E-state index >= 15 is 0 Å². The number of fused-ring (bicyclic) bond motifs is 1. The fourth-order valence-corrected chi connectivity index (χ4v) is 4.76. The molecule has 3 rings (SSSR count). The molecule has 3 aliphatic rings. The normalized spacial score (nSPS) is 30.6. The lowest BCUT2D eigenvalue weighted by atomic mass is 9.78. The van der Waals surface area contributed by atoms with Crippen molar-refractivity contribution in [1.29, 1.82) is 0 Å². The van der Waals surface area contributed by atoms with Crippen LogP contribution in [0, 0.1) is 5.92 Å². The SMILES string of the molecule is CC(C)=CCC/C(C)=C/[C@@H]1CC(C)=C[C@]2(C=C(CNC(C)C)[C@H]3CC(=O)C(C)=C[C@H]3O2)O1. The van der Waals surface area contributed by atoms with Crippen LogP contribution < -0.4 is 5.32 Å². The first-order chi connectivity index (χ1) is 15.1. The van der Waals surface area contributed by atoms with Crippen LogP contribution in [0.3, 0.4) is 0 Å². The predicted octanol–water partition coefficient (Wildman–Crippen LogP) is 5.97. The molecule has 4 atom stereocenters. The average molecular weight is 440 g/mol. The fraction of sp³-hybridized carbons (Fsp3) is 0.607. The number of hydrogen-bond donors (Lipinski definition) is 1. The van der Waals surface area contributed by atoms with E-state index in [-0.39, 0.29) is 23.9 Å². The first-order valence-corrected chi connectivity index (χ1v) is 12.1. The molecule has 1 aliphatic carbocycles. The molecule has 0 radical (unpaired) electrons. The maximum absolute atomic E-state index is 12.4. The van der Waals surface area contributed by atoms with Crippen LogP contribution in [0.25, 0.3) is 0 Å². The van der Waals surface area contributed by atoms with Gasteiger partial charge in [0.2, 0.25) is 5.79 Å². The van der Waals surface area contributed by atoms with E-state index in [1.165, 1.54) is 22.3 Å². The van der Waals surface area contributed by atoms with Gasteiger partial charge in [-0.2, -0.15) is 0 Å². The number of hydrogen-bond acceptors (Lipinski definition) is 4. The minimum atomic E-state index is -0.879. The van der Waals surface area contributed by atoms with Crippen molar-refractivity contribution >= 4 is 5.78 Å². The van der Waals surface area contributed by atoms with Crippen LogP contribution in [-0.4, -0.2) is 36.4 Å². The van der Waals surface area contributed by atoms with E-state index in [1.807, 2.05) is 13.0 Å². The summed E-state index contributed by atoms with van der Waals surface area (Å²) in [5.41, 5.74) is 5.98. The van der Waals surface area contributed by atoms with E-state index in [0.717, 1.165) is 31.4 Å². The summed E-state index contributed by atoms with van der Waals surface area (Å²) < 4.78 is 13.2. The zero-order chi connectivity index (χ0) is 23.5. The molecule has 1 spiro atoms. The molecule has 0 aromatic carbocycles. The average Bonchev–Trinajstić information content (AvgIpc) is 2.66. The van der Waals surface area contributed by atoms with Gasteiger partial charge in [0.1, 0.15) is 0 Å². The number of ether oxygens (including phenoxy) is 2. The lowest BCUT2D eigenvalue weighted by molar-refractivity contribution is -0.224. The van der Waals surface area contributed by atoms with Gasteiger partial charge in [0.05, 0.1) is 12.2 Å². The van der Waals surface area contributed by atoms with Crippen molar-refractivity contribution in [3.8, 4) is 0 Å². The van der Waals surface area contributed by atoms with Gasteiger partial charge in [-0.25, -0.2) is 0 Å². The molecule has 0 bridgehead atoms. The second kappa shape index (κ2) is 10.5. The van der Waals surface area contributed by atoms with Crippen molar-refractivity contribution < 1.29 is 14.3 Å². The molecule has 1 N–H and O–H groups in total. The number of rotatable bonds is 7. The van der Waals surface area contributed by atoms with Crippen molar-refractivity contribution in [2.45, 2.75) is 98.2 Å². The van der Waals surface area contributed by atoms with Gasteiger partial charge in [-0.05, 0) is 83.3 Å². The molecule has 0 aromatic rings. The lowest BCUT2D eigenvalue weighted by Gasteiger charge is -2.45. The number of carbonyl (C=O) groups excluding carboxylic acids is 1. The number of nitrogens with one attached hydrogen (secondary N) is 1. The van der Waals surface area contributed by atoms with Crippen LogP contribution in [0.2, 0.25) is 0 Å². The summed E-state index contributed by atoms with van der Waals surface area (Å²) in [6, 6.07) is 0.369. The lowest BCUT2D eigenvalue weighted by Crippen LogP contribution is -2.50. The maximum Gasteiger partial charge on any atom is 0.209 e. The Labute approximate surface area is 194 Å². The molecule has 2 aliphatic heterocycles. The van der Waals surface area contributed by atoms with Gasteiger partial charge in [-0.15, -0.1) is 0 Å². The van der Waals surface area contributed by atoms with E-state index in [2.05, 4.69) is 71.2 Å². The first kappa shape index (κ1) is 24.9. The zero-order valence-corrected chi connectivity index (χ0v) is 21.0. The standard InChI is InChI=1S/C28H41NO3/c1-18(2)9-8-10-20(5)11-24-12-21(6)15-28(31-24)16-23(17-29-19(3)4)25-14-26(30)22(7)13-27(25)32-28/h9,11,13,15-16,19,24-25,27,29H,8,10,12,14,17H2,1-7H3/b20-11+/t24-,25-,27-,28+/m1/s1. The second-order valence-electron chi connectivity index (χ2n) is 10.3. The third-order valence-electron chi connectivity index (χ3n) is 6.42. The molecule has 0 amide bonds. The molecular formula is C28H41NO3. The van der Waals surface area contributed by atoms with E-state index < -0.39 is 5.79 Å². The summed E-state index contributed by atoms with van der Waals surface area (Å²) in [5.74, 6) is -0.594. The van der Waals surface area contributed by atoms with Gasteiger partial charge in [-0.3, -0.25) is 4.79 Å². The summed E-state index contributed by atoms with van der Waals surface area (Å²) in [6.45, 7) is 15.5. The van der Waals surface area contributed by atoms with Gasteiger partial charge in [-0.1, -0.05) is 42.7 Å². The molecule has 0 saturated heterocycles. The van der Waals surface area contributed by atoms with E-state index in [9.17, 15) is 4.79 Å². The molecule has 4 heteroatoms. The molecule has 176 valence electrons. The van der Waals surface area contributed by atoms with Crippen LogP contribution in [0.5, 0.6) is 0 Å². The monoisotopic (exact) mass is 439 g/mol. The van der Waals surface area contributed by atoms with Crippen molar-refractivity contribution in [1.82, 2.24) is 5.32 Å². The Morgan fingerprint density at radius 2 is 1.94 bits per heavy atom. The topological polar surface area (TPSA) is 47.6 Å². The fourth-order valence-electron chi connectivity index (χ4n) is 4.76. The number of carbonyl (C=O) groups is 1. The minimum absolute atomic E-state index is 0.0193. The van der Waals surface area contributed by atoms with Crippen LogP contribution in [0.4, 0.5) is 0 Å². The molecule has 0 unspecified atom stereocenters. The molecule has 0 aromatic heterocycles. The number of allylic oxidation sites excluding steroid dienone is 4. The summed E-state index contributed by atoms with van der Waals surface area (Å²) in [6.07, 6.45) is 14.1. The molecule has 32 heavy (non-hydrogen) atoms. The van der Waals surface area contributed by atoms with Crippen LogP contribution in [-0.2, 0) is 14.3 Å². The maximum atomic E-state index is 12.4. The van der Waals surface area contributed by atoms with Crippen molar-refractivity contribution in [2.24, 2.45) is 5.92 Å². The van der Waals surface area contributed by atoms with Gasteiger partial charge < -0.3 is 14.8 Å². The molecule has 0 saturated carbocycles. The highest BCUT2D eigenvalue weighted by Crippen LogP contribution is 2.42. The Hall–Kier alpha value is -1.75. The molecule has 0 fully saturated rings.